The Hall–Kier alpha value is -5.08. The second kappa shape index (κ2) is 11.0. The fourth-order valence-corrected chi connectivity index (χ4v) is 7.87. The molecule has 1 heterocycles. The molecule has 6 aromatic carbocycles. The van der Waals surface area contributed by atoms with Crippen LogP contribution < -0.4 is 4.90 Å². The van der Waals surface area contributed by atoms with Gasteiger partial charge in [0.05, 0.1) is 16.8 Å². The molecular weight excluding hydrogens is 595 g/mol. The number of benzene rings is 6. The fourth-order valence-electron chi connectivity index (χ4n) is 7.87. The number of furan rings is 1. The molecule has 2 nitrogen and oxygen atoms in total. The van der Waals surface area contributed by atoms with Gasteiger partial charge < -0.3 is 9.32 Å². The minimum atomic E-state index is -0.114. The maximum absolute atomic E-state index is 6.89. The van der Waals surface area contributed by atoms with E-state index in [1.165, 1.54) is 55.6 Å². The van der Waals surface area contributed by atoms with Gasteiger partial charge in [0.25, 0.3) is 0 Å². The van der Waals surface area contributed by atoms with E-state index < -0.39 is 0 Å². The van der Waals surface area contributed by atoms with Gasteiger partial charge in [-0.2, -0.15) is 0 Å². The zero-order valence-electron chi connectivity index (χ0n) is 30.0. The van der Waals surface area contributed by atoms with Gasteiger partial charge in [0, 0.05) is 27.6 Å². The number of hydrogen-bond donors (Lipinski definition) is 0. The normalized spacial score (nSPS) is 13.9. The van der Waals surface area contributed by atoms with Crippen molar-refractivity contribution in [2.45, 2.75) is 71.6 Å². The highest BCUT2D eigenvalue weighted by molar-refractivity contribution is 6.15. The molecule has 1 aromatic heterocycles. The standard InChI is InChI=1S/C47H45NO/c1-45(2,3)32-28-35-43-40(25-16-26-41(43)49-44(35)38(29-32)46(4,5)6)48(33-20-14-19-31(27-33)30-17-10-9-11-18-30)39-24-15-23-37-42(39)34-21-12-13-22-36(34)47(37,7)8/h9-29H,1-8H3. The summed E-state index contributed by atoms with van der Waals surface area (Å²) in [6.07, 6.45) is 0. The maximum Gasteiger partial charge on any atom is 0.139 e. The van der Waals surface area contributed by atoms with Crippen LogP contribution >= 0.6 is 0 Å². The second-order valence-corrected chi connectivity index (χ2v) is 16.3. The van der Waals surface area contributed by atoms with E-state index in [-0.39, 0.29) is 16.2 Å². The summed E-state index contributed by atoms with van der Waals surface area (Å²) >= 11 is 0. The third kappa shape index (κ3) is 5.00. The molecule has 0 saturated carbocycles. The molecule has 0 saturated heterocycles. The lowest BCUT2D eigenvalue weighted by Gasteiger charge is -2.30. The highest BCUT2D eigenvalue weighted by Crippen LogP contribution is 2.55. The van der Waals surface area contributed by atoms with Crippen molar-refractivity contribution in [3.05, 3.63) is 150 Å². The van der Waals surface area contributed by atoms with Crippen LogP contribution in [0.3, 0.4) is 0 Å². The first kappa shape index (κ1) is 31.2. The van der Waals surface area contributed by atoms with Crippen molar-refractivity contribution < 1.29 is 4.42 Å². The van der Waals surface area contributed by atoms with Crippen LogP contribution in [0.25, 0.3) is 44.2 Å². The van der Waals surface area contributed by atoms with Crippen LogP contribution in [0.5, 0.6) is 0 Å². The number of hydrogen-bond acceptors (Lipinski definition) is 2. The van der Waals surface area contributed by atoms with Crippen LogP contribution in [0.15, 0.2) is 132 Å². The fraction of sp³-hybridized carbons (Fsp3) is 0.234. The van der Waals surface area contributed by atoms with E-state index in [0.717, 1.165) is 27.9 Å². The van der Waals surface area contributed by atoms with Gasteiger partial charge in [-0.3, -0.25) is 0 Å². The highest BCUT2D eigenvalue weighted by atomic mass is 16.3. The molecule has 0 aliphatic heterocycles. The van der Waals surface area contributed by atoms with E-state index in [1.807, 2.05) is 0 Å². The average Bonchev–Trinajstić information content (AvgIpc) is 3.57. The highest BCUT2D eigenvalue weighted by Gasteiger charge is 2.38. The summed E-state index contributed by atoms with van der Waals surface area (Å²) in [6, 6.07) is 46.8. The molecule has 0 spiro atoms. The van der Waals surface area contributed by atoms with E-state index in [9.17, 15) is 0 Å². The molecule has 0 bridgehead atoms. The average molecular weight is 640 g/mol. The van der Waals surface area contributed by atoms with Crippen molar-refractivity contribution in [1.29, 1.82) is 0 Å². The Morgan fingerprint density at radius 1 is 0.571 bits per heavy atom. The predicted molar refractivity (Wildman–Crippen MR) is 209 cm³/mol. The van der Waals surface area contributed by atoms with Gasteiger partial charge >= 0.3 is 0 Å². The Morgan fingerprint density at radius 3 is 1.98 bits per heavy atom. The van der Waals surface area contributed by atoms with Crippen LogP contribution in [0.1, 0.15) is 77.6 Å². The Kier molecular flexibility index (Phi) is 6.99. The Balaban J connectivity index is 1.49. The van der Waals surface area contributed by atoms with E-state index in [4.69, 9.17) is 4.42 Å². The summed E-state index contributed by atoms with van der Waals surface area (Å²) in [7, 11) is 0. The molecule has 0 atom stereocenters. The first-order valence-electron chi connectivity index (χ1n) is 17.5. The van der Waals surface area contributed by atoms with Gasteiger partial charge in [0.2, 0.25) is 0 Å². The van der Waals surface area contributed by atoms with E-state index in [1.54, 1.807) is 0 Å². The lowest BCUT2D eigenvalue weighted by molar-refractivity contribution is 0.559. The summed E-state index contributed by atoms with van der Waals surface area (Å²) in [5.41, 5.74) is 15.3. The number of nitrogens with zero attached hydrogens (tertiary/aromatic N) is 1. The van der Waals surface area contributed by atoms with Gasteiger partial charge in [-0.15, -0.1) is 0 Å². The van der Waals surface area contributed by atoms with E-state index >= 15 is 0 Å². The predicted octanol–water partition coefficient (Wildman–Crippen LogP) is 13.6. The van der Waals surface area contributed by atoms with Crippen molar-refractivity contribution in [1.82, 2.24) is 0 Å². The quantitative estimate of drug-likeness (QED) is 0.191. The Bertz CT molecular complexity index is 2380. The van der Waals surface area contributed by atoms with Crippen LogP contribution in [0.2, 0.25) is 0 Å². The van der Waals surface area contributed by atoms with Crippen LogP contribution in [0, 0.1) is 0 Å². The first-order chi connectivity index (χ1) is 23.3. The summed E-state index contributed by atoms with van der Waals surface area (Å²) in [4.78, 5) is 2.49. The van der Waals surface area contributed by atoms with Gasteiger partial charge in [-0.05, 0) is 80.6 Å². The molecule has 8 rings (SSSR count). The number of fused-ring (bicyclic) bond motifs is 6. The van der Waals surface area contributed by atoms with E-state index in [2.05, 4.69) is 188 Å². The topological polar surface area (TPSA) is 16.4 Å². The molecule has 1 aliphatic rings. The summed E-state index contributed by atoms with van der Waals surface area (Å²) in [5.74, 6) is 0. The SMILES string of the molecule is CC(C)(C)c1cc(C(C)(C)C)c2oc3cccc(N(c4cccc(-c5ccccc5)c4)c4cccc5c4-c4ccccc4C5(C)C)c3c2c1. The lowest BCUT2D eigenvalue weighted by atomic mass is 9.79. The molecular formula is C47H45NO. The van der Waals surface area contributed by atoms with Crippen molar-refractivity contribution >= 4 is 39.0 Å². The Labute approximate surface area is 291 Å². The molecule has 49 heavy (non-hydrogen) atoms. The molecule has 244 valence electrons. The maximum atomic E-state index is 6.89. The smallest absolute Gasteiger partial charge is 0.139 e. The zero-order chi connectivity index (χ0) is 34.3. The lowest BCUT2D eigenvalue weighted by Crippen LogP contribution is -2.16. The largest absolute Gasteiger partial charge is 0.456 e. The second-order valence-electron chi connectivity index (χ2n) is 16.3. The molecule has 0 radical (unpaired) electrons. The molecule has 7 aromatic rings. The molecule has 0 unspecified atom stereocenters. The molecule has 0 N–H and O–H groups in total. The summed E-state index contributed by atoms with van der Waals surface area (Å²) in [6.45, 7) is 18.5. The van der Waals surface area contributed by atoms with Gasteiger partial charge in [0.15, 0.2) is 0 Å². The zero-order valence-corrected chi connectivity index (χ0v) is 30.0. The monoisotopic (exact) mass is 639 g/mol. The van der Waals surface area contributed by atoms with Gasteiger partial charge in [0.1, 0.15) is 11.2 Å². The van der Waals surface area contributed by atoms with E-state index in [0.29, 0.717) is 0 Å². The van der Waals surface area contributed by atoms with Crippen LogP contribution in [0.4, 0.5) is 17.1 Å². The third-order valence-electron chi connectivity index (χ3n) is 10.5. The minimum absolute atomic E-state index is 0.0219. The number of anilines is 3. The Morgan fingerprint density at radius 2 is 1.22 bits per heavy atom. The summed E-state index contributed by atoms with van der Waals surface area (Å²) < 4.78 is 6.89. The third-order valence-corrected chi connectivity index (χ3v) is 10.5. The molecule has 0 amide bonds. The molecule has 1 aliphatic carbocycles. The van der Waals surface area contributed by atoms with Crippen molar-refractivity contribution in [3.8, 4) is 22.3 Å². The number of rotatable bonds is 4. The molecule has 2 heteroatoms. The van der Waals surface area contributed by atoms with Crippen molar-refractivity contribution in [3.63, 3.8) is 0 Å². The van der Waals surface area contributed by atoms with Crippen molar-refractivity contribution in [2.75, 3.05) is 4.90 Å². The van der Waals surface area contributed by atoms with Crippen molar-refractivity contribution in [2.24, 2.45) is 0 Å². The van der Waals surface area contributed by atoms with Crippen LogP contribution in [-0.4, -0.2) is 0 Å². The minimum Gasteiger partial charge on any atom is -0.456 e. The van der Waals surface area contributed by atoms with Gasteiger partial charge in [-0.1, -0.05) is 146 Å². The first-order valence-corrected chi connectivity index (χ1v) is 17.5. The van der Waals surface area contributed by atoms with Crippen LogP contribution in [-0.2, 0) is 16.2 Å². The summed E-state index contributed by atoms with van der Waals surface area (Å²) in [5, 5.41) is 2.31. The molecule has 0 fully saturated rings. The van der Waals surface area contributed by atoms with Gasteiger partial charge in [-0.25, -0.2) is 0 Å².